The fourth-order valence-electron chi connectivity index (χ4n) is 1.78. The minimum Gasteiger partial charge on any atom is -0.491 e. The zero-order chi connectivity index (χ0) is 14.1. The molecule has 0 saturated carbocycles. The fourth-order valence-corrected chi connectivity index (χ4v) is 1.78. The third-order valence-electron chi connectivity index (χ3n) is 2.79. The van der Waals surface area contributed by atoms with Crippen LogP contribution in [0.25, 0.3) is 0 Å². The van der Waals surface area contributed by atoms with Crippen LogP contribution in [0.3, 0.4) is 0 Å². The van der Waals surface area contributed by atoms with Gasteiger partial charge in [0.1, 0.15) is 5.75 Å². The van der Waals surface area contributed by atoms with Crippen LogP contribution in [-0.4, -0.2) is 12.0 Å². The smallest absolute Gasteiger partial charge is 0.220 e. The number of carbonyl (C=O) groups is 1. The molecule has 0 heterocycles. The van der Waals surface area contributed by atoms with Crippen LogP contribution in [0.5, 0.6) is 5.75 Å². The van der Waals surface area contributed by atoms with Gasteiger partial charge in [-0.05, 0) is 38.0 Å². The van der Waals surface area contributed by atoms with Crippen molar-refractivity contribution in [1.82, 2.24) is 5.32 Å². The molecule has 1 rings (SSSR count). The molecule has 0 aromatic heterocycles. The highest BCUT2D eigenvalue weighted by molar-refractivity contribution is 5.75. The molecular weight excluding hydrogens is 238 g/mol. The second-order valence-electron chi connectivity index (χ2n) is 5.04. The summed E-state index contributed by atoms with van der Waals surface area (Å²) in [6, 6.07) is 7.87. The minimum atomic E-state index is 0.135. The Labute approximate surface area is 116 Å². The number of amides is 1. The van der Waals surface area contributed by atoms with E-state index in [0.29, 0.717) is 13.0 Å². The lowest BCUT2D eigenvalue weighted by Gasteiger charge is -2.10. The highest BCUT2D eigenvalue weighted by Crippen LogP contribution is 2.13. The summed E-state index contributed by atoms with van der Waals surface area (Å²) in [7, 11) is 0. The highest BCUT2D eigenvalue weighted by Gasteiger charge is 2.02. The SMILES string of the molecule is CCCCCC(=O)NCc1ccc(OC(C)C)cc1. The topological polar surface area (TPSA) is 38.3 Å². The Hall–Kier alpha value is -1.51. The van der Waals surface area contributed by atoms with Crippen molar-refractivity contribution in [3.05, 3.63) is 29.8 Å². The number of unbranched alkanes of at least 4 members (excludes halogenated alkanes) is 2. The second-order valence-corrected chi connectivity index (χ2v) is 5.04. The van der Waals surface area contributed by atoms with Gasteiger partial charge in [0.15, 0.2) is 0 Å². The molecule has 0 fully saturated rings. The van der Waals surface area contributed by atoms with Gasteiger partial charge in [0.25, 0.3) is 0 Å². The van der Waals surface area contributed by atoms with Crippen molar-refractivity contribution in [2.75, 3.05) is 0 Å². The van der Waals surface area contributed by atoms with Crippen molar-refractivity contribution >= 4 is 5.91 Å². The second kappa shape index (κ2) is 8.57. The zero-order valence-corrected chi connectivity index (χ0v) is 12.2. The molecule has 1 aromatic carbocycles. The van der Waals surface area contributed by atoms with Crippen molar-refractivity contribution in [2.24, 2.45) is 0 Å². The molecule has 1 amide bonds. The number of rotatable bonds is 8. The zero-order valence-electron chi connectivity index (χ0n) is 12.2. The van der Waals surface area contributed by atoms with E-state index in [9.17, 15) is 4.79 Å². The molecule has 0 saturated heterocycles. The normalized spacial score (nSPS) is 10.5. The Morgan fingerprint density at radius 2 is 1.89 bits per heavy atom. The van der Waals surface area contributed by atoms with Gasteiger partial charge in [-0.3, -0.25) is 4.79 Å². The molecule has 1 N–H and O–H groups in total. The van der Waals surface area contributed by atoms with Gasteiger partial charge in [0.2, 0.25) is 5.91 Å². The van der Waals surface area contributed by atoms with E-state index in [2.05, 4.69) is 12.2 Å². The Bertz CT molecular complexity index is 371. The Kier molecular flexibility index (Phi) is 7.01. The third-order valence-corrected chi connectivity index (χ3v) is 2.79. The van der Waals surface area contributed by atoms with Crippen LogP contribution >= 0.6 is 0 Å². The first kappa shape index (κ1) is 15.5. The maximum atomic E-state index is 11.6. The van der Waals surface area contributed by atoms with Crippen molar-refractivity contribution in [3.63, 3.8) is 0 Å². The number of nitrogens with one attached hydrogen (secondary N) is 1. The summed E-state index contributed by atoms with van der Waals surface area (Å²) in [6.45, 7) is 6.74. The average Bonchev–Trinajstić information content (AvgIpc) is 2.37. The lowest BCUT2D eigenvalue weighted by Crippen LogP contribution is -2.22. The minimum absolute atomic E-state index is 0.135. The first-order valence-corrected chi connectivity index (χ1v) is 7.14. The number of ether oxygens (including phenoxy) is 1. The van der Waals surface area contributed by atoms with E-state index in [1.807, 2.05) is 38.1 Å². The van der Waals surface area contributed by atoms with Gasteiger partial charge in [-0.1, -0.05) is 31.9 Å². The van der Waals surface area contributed by atoms with Crippen molar-refractivity contribution in [1.29, 1.82) is 0 Å². The molecule has 0 unspecified atom stereocenters. The largest absolute Gasteiger partial charge is 0.491 e. The Morgan fingerprint density at radius 1 is 1.21 bits per heavy atom. The molecule has 0 aliphatic rings. The average molecular weight is 263 g/mol. The van der Waals surface area contributed by atoms with E-state index in [1.54, 1.807) is 0 Å². The van der Waals surface area contributed by atoms with Crippen molar-refractivity contribution in [3.8, 4) is 5.75 Å². The van der Waals surface area contributed by atoms with Crippen LogP contribution in [0, 0.1) is 0 Å². The lowest BCUT2D eigenvalue weighted by atomic mass is 10.2. The summed E-state index contributed by atoms with van der Waals surface area (Å²) in [5, 5.41) is 2.94. The van der Waals surface area contributed by atoms with Crippen LogP contribution in [-0.2, 0) is 11.3 Å². The molecule has 0 aliphatic carbocycles. The summed E-state index contributed by atoms with van der Waals surface area (Å²) in [5.74, 6) is 1.00. The van der Waals surface area contributed by atoms with Gasteiger partial charge in [0.05, 0.1) is 6.10 Å². The van der Waals surface area contributed by atoms with Crippen LogP contribution in [0.2, 0.25) is 0 Å². The molecule has 3 heteroatoms. The monoisotopic (exact) mass is 263 g/mol. The van der Waals surface area contributed by atoms with Gasteiger partial charge in [0, 0.05) is 13.0 Å². The number of hydrogen-bond donors (Lipinski definition) is 1. The first-order valence-electron chi connectivity index (χ1n) is 7.14. The van der Waals surface area contributed by atoms with E-state index in [4.69, 9.17) is 4.74 Å². The van der Waals surface area contributed by atoms with Crippen LogP contribution < -0.4 is 10.1 Å². The maximum Gasteiger partial charge on any atom is 0.220 e. The molecule has 0 radical (unpaired) electrons. The van der Waals surface area contributed by atoms with Gasteiger partial charge in [-0.15, -0.1) is 0 Å². The number of hydrogen-bond acceptors (Lipinski definition) is 2. The molecule has 0 spiro atoms. The quantitative estimate of drug-likeness (QED) is 0.727. The molecule has 3 nitrogen and oxygen atoms in total. The summed E-state index contributed by atoms with van der Waals surface area (Å²) >= 11 is 0. The summed E-state index contributed by atoms with van der Waals surface area (Å²) < 4.78 is 5.57. The first-order chi connectivity index (χ1) is 9.11. The predicted octanol–water partition coefficient (Wildman–Crippen LogP) is 3.67. The van der Waals surface area contributed by atoms with Gasteiger partial charge in [-0.2, -0.15) is 0 Å². The molecular formula is C16H25NO2. The predicted molar refractivity (Wildman–Crippen MR) is 78.2 cm³/mol. The summed E-state index contributed by atoms with van der Waals surface area (Å²) in [6.07, 6.45) is 4.05. The van der Waals surface area contributed by atoms with E-state index >= 15 is 0 Å². The molecule has 19 heavy (non-hydrogen) atoms. The fraction of sp³-hybridized carbons (Fsp3) is 0.562. The van der Waals surface area contributed by atoms with Crippen LogP contribution in [0.15, 0.2) is 24.3 Å². The maximum absolute atomic E-state index is 11.6. The van der Waals surface area contributed by atoms with E-state index in [-0.39, 0.29) is 12.0 Å². The van der Waals surface area contributed by atoms with E-state index in [1.165, 1.54) is 0 Å². The standard InChI is InChI=1S/C16H25NO2/c1-4-5-6-7-16(18)17-12-14-8-10-15(11-9-14)19-13(2)3/h8-11,13H,4-7,12H2,1-3H3,(H,17,18). The molecule has 106 valence electrons. The molecule has 0 bridgehead atoms. The summed E-state index contributed by atoms with van der Waals surface area (Å²) in [5.41, 5.74) is 1.10. The van der Waals surface area contributed by atoms with Gasteiger partial charge >= 0.3 is 0 Å². The molecule has 0 atom stereocenters. The van der Waals surface area contributed by atoms with E-state index in [0.717, 1.165) is 30.6 Å². The Morgan fingerprint density at radius 3 is 2.47 bits per heavy atom. The lowest BCUT2D eigenvalue weighted by molar-refractivity contribution is -0.121. The van der Waals surface area contributed by atoms with Crippen molar-refractivity contribution < 1.29 is 9.53 Å². The van der Waals surface area contributed by atoms with Gasteiger partial charge in [-0.25, -0.2) is 0 Å². The molecule has 1 aromatic rings. The van der Waals surface area contributed by atoms with Gasteiger partial charge < -0.3 is 10.1 Å². The number of carbonyl (C=O) groups excluding carboxylic acids is 1. The van der Waals surface area contributed by atoms with Crippen LogP contribution in [0.4, 0.5) is 0 Å². The van der Waals surface area contributed by atoms with Crippen LogP contribution in [0.1, 0.15) is 52.0 Å². The van der Waals surface area contributed by atoms with E-state index < -0.39 is 0 Å². The van der Waals surface area contributed by atoms with Crippen molar-refractivity contribution in [2.45, 2.75) is 59.1 Å². The highest BCUT2D eigenvalue weighted by atomic mass is 16.5. The number of benzene rings is 1. The Balaban J connectivity index is 2.31. The summed E-state index contributed by atoms with van der Waals surface area (Å²) in [4.78, 5) is 11.6. The third kappa shape index (κ3) is 6.85. The molecule has 0 aliphatic heterocycles.